The topological polar surface area (TPSA) is 24.5 Å². The number of halogens is 1. The SMILES string of the molecule is COc1ccc(F)c(N2CCNC3(CCCC3)C2)c1. The summed E-state index contributed by atoms with van der Waals surface area (Å²) in [5, 5.41) is 3.65. The largest absolute Gasteiger partial charge is 0.497 e. The van der Waals surface area contributed by atoms with Crippen LogP contribution >= 0.6 is 0 Å². The van der Waals surface area contributed by atoms with Crippen LogP contribution in [0, 0.1) is 5.82 Å². The lowest BCUT2D eigenvalue weighted by atomic mass is 9.94. The number of nitrogens with zero attached hydrogens (tertiary/aromatic N) is 1. The van der Waals surface area contributed by atoms with Gasteiger partial charge in [0, 0.05) is 31.2 Å². The Bertz CT molecular complexity index is 457. The van der Waals surface area contributed by atoms with Gasteiger partial charge in [-0.15, -0.1) is 0 Å². The van der Waals surface area contributed by atoms with Crippen LogP contribution in [0.5, 0.6) is 5.75 Å². The van der Waals surface area contributed by atoms with Crippen LogP contribution in [-0.2, 0) is 0 Å². The van der Waals surface area contributed by atoms with Gasteiger partial charge in [0.05, 0.1) is 12.8 Å². The third-order valence-electron chi connectivity index (χ3n) is 4.43. The quantitative estimate of drug-likeness (QED) is 0.888. The van der Waals surface area contributed by atoms with Gasteiger partial charge in [-0.05, 0) is 25.0 Å². The number of nitrogens with one attached hydrogen (secondary N) is 1. The van der Waals surface area contributed by atoms with E-state index in [1.54, 1.807) is 13.2 Å². The van der Waals surface area contributed by atoms with Crippen LogP contribution in [0.2, 0.25) is 0 Å². The fourth-order valence-electron chi connectivity index (χ4n) is 3.41. The summed E-state index contributed by atoms with van der Waals surface area (Å²) in [6, 6.07) is 4.98. The highest BCUT2D eigenvalue weighted by atomic mass is 19.1. The van der Waals surface area contributed by atoms with Crippen molar-refractivity contribution in [2.75, 3.05) is 31.6 Å². The van der Waals surface area contributed by atoms with Crippen LogP contribution in [0.25, 0.3) is 0 Å². The number of hydrogen-bond donors (Lipinski definition) is 1. The first kappa shape index (κ1) is 12.7. The maximum atomic E-state index is 14.0. The van der Waals surface area contributed by atoms with E-state index >= 15 is 0 Å². The molecule has 3 nitrogen and oxygen atoms in total. The average Bonchev–Trinajstić information content (AvgIpc) is 2.87. The first-order valence-electron chi connectivity index (χ1n) is 7.06. The Hall–Kier alpha value is -1.29. The molecule has 19 heavy (non-hydrogen) atoms. The minimum Gasteiger partial charge on any atom is -0.497 e. The fourth-order valence-corrected chi connectivity index (χ4v) is 3.41. The molecular formula is C15H21FN2O. The summed E-state index contributed by atoms with van der Waals surface area (Å²) in [5.41, 5.74) is 0.875. The Labute approximate surface area is 113 Å². The number of rotatable bonds is 2. The molecule has 1 saturated heterocycles. The van der Waals surface area contributed by atoms with Crippen LogP contribution in [0.1, 0.15) is 25.7 Å². The van der Waals surface area contributed by atoms with Crippen molar-refractivity contribution in [1.29, 1.82) is 0 Å². The second-order valence-corrected chi connectivity index (χ2v) is 5.65. The maximum Gasteiger partial charge on any atom is 0.146 e. The van der Waals surface area contributed by atoms with E-state index in [9.17, 15) is 4.39 Å². The van der Waals surface area contributed by atoms with Crippen LogP contribution < -0.4 is 15.0 Å². The van der Waals surface area contributed by atoms with Crippen molar-refractivity contribution in [2.45, 2.75) is 31.2 Å². The highest BCUT2D eigenvalue weighted by molar-refractivity contribution is 5.53. The Morgan fingerprint density at radius 1 is 1.32 bits per heavy atom. The van der Waals surface area contributed by atoms with E-state index in [1.807, 2.05) is 6.07 Å². The zero-order valence-electron chi connectivity index (χ0n) is 11.4. The molecule has 0 bridgehead atoms. The second-order valence-electron chi connectivity index (χ2n) is 5.65. The van der Waals surface area contributed by atoms with Gasteiger partial charge in [0.2, 0.25) is 0 Å². The molecule has 1 N–H and O–H groups in total. The van der Waals surface area contributed by atoms with Crippen LogP contribution in [-0.4, -0.2) is 32.3 Å². The molecule has 1 aromatic rings. The predicted octanol–water partition coefficient (Wildman–Crippen LogP) is 2.56. The summed E-state index contributed by atoms with van der Waals surface area (Å²) < 4.78 is 19.3. The summed E-state index contributed by atoms with van der Waals surface area (Å²) in [6.45, 7) is 2.68. The summed E-state index contributed by atoms with van der Waals surface area (Å²) in [4.78, 5) is 2.17. The van der Waals surface area contributed by atoms with Gasteiger partial charge >= 0.3 is 0 Å². The molecule has 104 valence electrons. The van der Waals surface area contributed by atoms with E-state index in [0.717, 1.165) is 25.4 Å². The van der Waals surface area contributed by atoms with Crippen LogP contribution in [0.3, 0.4) is 0 Å². The number of benzene rings is 1. The van der Waals surface area contributed by atoms with Crippen LogP contribution in [0.15, 0.2) is 18.2 Å². The van der Waals surface area contributed by atoms with Crippen molar-refractivity contribution in [3.63, 3.8) is 0 Å². The van der Waals surface area contributed by atoms with Gasteiger partial charge in [-0.1, -0.05) is 12.8 Å². The van der Waals surface area contributed by atoms with E-state index in [4.69, 9.17) is 4.74 Å². The average molecular weight is 264 g/mol. The highest BCUT2D eigenvalue weighted by Crippen LogP contribution is 2.35. The molecule has 2 aliphatic rings. The van der Waals surface area contributed by atoms with Gasteiger partial charge in [0.1, 0.15) is 11.6 Å². The van der Waals surface area contributed by atoms with Gasteiger partial charge < -0.3 is 15.0 Å². The normalized spacial score (nSPS) is 21.9. The van der Waals surface area contributed by atoms with E-state index in [-0.39, 0.29) is 11.4 Å². The van der Waals surface area contributed by atoms with E-state index < -0.39 is 0 Å². The van der Waals surface area contributed by atoms with Gasteiger partial charge in [-0.2, -0.15) is 0 Å². The Kier molecular flexibility index (Phi) is 3.35. The Morgan fingerprint density at radius 2 is 2.11 bits per heavy atom. The smallest absolute Gasteiger partial charge is 0.146 e. The summed E-state index contributed by atoms with van der Waals surface area (Å²) in [5.74, 6) is 0.561. The minimum absolute atomic E-state index is 0.157. The van der Waals surface area contributed by atoms with Gasteiger partial charge in [0.25, 0.3) is 0 Å². The summed E-state index contributed by atoms with van der Waals surface area (Å²) in [7, 11) is 1.62. The van der Waals surface area contributed by atoms with Gasteiger partial charge in [-0.25, -0.2) is 4.39 Å². The first-order valence-corrected chi connectivity index (χ1v) is 7.06. The molecule has 1 spiro atoms. The molecule has 4 heteroatoms. The number of methoxy groups -OCH3 is 1. The summed E-state index contributed by atoms with van der Waals surface area (Å²) in [6.07, 6.45) is 4.97. The number of ether oxygens (including phenoxy) is 1. The molecule has 1 aromatic carbocycles. The molecule has 0 atom stereocenters. The molecule has 0 unspecified atom stereocenters. The monoisotopic (exact) mass is 264 g/mol. The molecule has 1 heterocycles. The number of piperazine rings is 1. The van der Waals surface area contributed by atoms with Gasteiger partial charge in [-0.3, -0.25) is 0 Å². The van der Waals surface area contributed by atoms with Crippen molar-refractivity contribution < 1.29 is 9.13 Å². The summed E-state index contributed by atoms with van der Waals surface area (Å²) >= 11 is 0. The lowest BCUT2D eigenvalue weighted by molar-refractivity contribution is 0.302. The minimum atomic E-state index is -0.157. The zero-order valence-corrected chi connectivity index (χ0v) is 11.4. The van der Waals surface area contributed by atoms with Crippen molar-refractivity contribution >= 4 is 5.69 Å². The third kappa shape index (κ3) is 2.41. The first-order chi connectivity index (χ1) is 9.22. The highest BCUT2D eigenvalue weighted by Gasteiger charge is 2.38. The molecular weight excluding hydrogens is 243 g/mol. The molecule has 1 saturated carbocycles. The molecule has 0 amide bonds. The molecule has 0 aromatic heterocycles. The Morgan fingerprint density at radius 3 is 2.84 bits per heavy atom. The molecule has 0 radical (unpaired) electrons. The third-order valence-corrected chi connectivity index (χ3v) is 4.43. The standard InChI is InChI=1S/C15H21FN2O/c1-19-12-4-5-13(16)14(10-12)18-9-8-17-15(11-18)6-2-3-7-15/h4-5,10,17H,2-3,6-9,11H2,1H3. The number of hydrogen-bond acceptors (Lipinski definition) is 3. The van der Waals surface area contributed by atoms with E-state index in [0.29, 0.717) is 5.69 Å². The van der Waals surface area contributed by atoms with Crippen molar-refractivity contribution in [3.8, 4) is 5.75 Å². The second kappa shape index (κ2) is 5.00. The molecule has 1 aliphatic carbocycles. The zero-order chi connectivity index (χ0) is 13.3. The fraction of sp³-hybridized carbons (Fsp3) is 0.600. The molecule has 2 fully saturated rings. The lowest BCUT2D eigenvalue weighted by Crippen LogP contribution is -2.59. The van der Waals surface area contributed by atoms with Crippen molar-refractivity contribution in [1.82, 2.24) is 5.32 Å². The lowest BCUT2D eigenvalue weighted by Gasteiger charge is -2.42. The van der Waals surface area contributed by atoms with Crippen molar-refractivity contribution in [3.05, 3.63) is 24.0 Å². The van der Waals surface area contributed by atoms with E-state index in [2.05, 4.69) is 10.2 Å². The predicted molar refractivity (Wildman–Crippen MR) is 74.4 cm³/mol. The van der Waals surface area contributed by atoms with Crippen molar-refractivity contribution in [2.24, 2.45) is 0 Å². The maximum absolute atomic E-state index is 14.0. The van der Waals surface area contributed by atoms with E-state index in [1.165, 1.54) is 31.7 Å². The number of anilines is 1. The van der Waals surface area contributed by atoms with Crippen LogP contribution in [0.4, 0.5) is 10.1 Å². The Balaban J connectivity index is 1.85. The molecule has 3 rings (SSSR count). The van der Waals surface area contributed by atoms with Gasteiger partial charge in [0.15, 0.2) is 0 Å². The molecule has 1 aliphatic heterocycles.